The second-order valence-electron chi connectivity index (χ2n) is 5.03. The van der Waals surface area contributed by atoms with Crippen LogP contribution in [0.3, 0.4) is 0 Å². The highest BCUT2D eigenvalue weighted by Gasteiger charge is 2.31. The number of alkyl halides is 3. The minimum Gasteiger partial charge on any atom is -0.393 e. The average molecular weight is 382 g/mol. The second-order valence-corrected chi connectivity index (χ2v) is 5.44. The van der Waals surface area contributed by atoms with E-state index in [9.17, 15) is 13.2 Å². The molecule has 3 aromatic heterocycles. The van der Waals surface area contributed by atoms with Crippen LogP contribution in [0.5, 0.6) is 0 Å². The minimum atomic E-state index is -4.54. The van der Waals surface area contributed by atoms with Crippen LogP contribution in [0.1, 0.15) is 5.56 Å². The van der Waals surface area contributed by atoms with Crippen LogP contribution < -0.4 is 16.4 Å². The molecule has 0 spiro atoms. The molecule has 4 N–H and O–H groups in total. The highest BCUT2D eigenvalue weighted by atomic mass is 35.5. The van der Waals surface area contributed by atoms with E-state index in [-0.39, 0.29) is 22.3 Å². The van der Waals surface area contributed by atoms with E-state index in [1.807, 2.05) is 0 Å². The van der Waals surface area contributed by atoms with Crippen molar-refractivity contribution in [1.82, 2.24) is 19.9 Å². The highest BCUT2D eigenvalue weighted by Crippen LogP contribution is 2.34. The van der Waals surface area contributed by atoms with Gasteiger partial charge in [-0.2, -0.15) is 13.2 Å². The molecule has 7 nitrogen and oxygen atoms in total. The van der Waals surface area contributed by atoms with Crippen molar-refractivity contribution >= 4 is 40.4 Å². The summed E-state index contributed by atoms with van der Waals surface area (Å²) >= 11 is 5.87. The quantitative estimate of drug-likeness (QED) is 0.627. The molecule has 3 heterocycles. The maximum atomic E-state index is 12.7. The highest BCUT2D eigenvalue weighted by molar-refractivity contribution is 6.33. The summed E-state index contributed by atoms with van der Waals surface area (Å²) in [5.41, 5.74) is 5.83. The summed E-state index contributed by atoms with van der Waals surface area (Å²) in [6, 6.07) is 4.25. The molecule has 3 rings (SSSR count). The van der Waals surface area contributed by atoms with Crippen LogP contribution in [-0.4, -0.2) is 19.9 Å². The van der Waals surface area contributed by atoms with E-state index in [0.29, 0.717) is 17.7 Å². The number of nitrogens with one attached hydrogen (secondary N) is 2. The molecule has 26 heavy (non-hydrogen) atoms. The third-order valence-electron chi connectivity index (χ3n) is 3.21. The van der Waals surface area contributed by atoms with Gasteiger partial charge in [0.25, 0.3) is 0 Å². The molecule has 0 aliphatic rings. The monoisotopic (exact) mass is 381 g/mol. The van der Waals surface area contributed by atoms with Gasteiger partial charge >= 0.3 is 6.18 Å². The second kappa shape index (κ2) is 7.00. The number of anilines is 5. The lowest BCUT2D eigenvalue weighted by Gasteiger charge is -2.13. The fourth-order valence-corrected chi connectivity index (χ4v) is 2.18. The van der Waals surface area contributed by atoms with Gasteiger partial charge in [-0.3, -0.25) is 4.98 Å². The first kappa shape index (κ1) is 17.7. The fourth-order valence-electron chi connectivity index (χ4n) is 1.97. The van der Waals surface area contributed by atoms with E-state index in [1.54, 1.807) is 24.5 Å². The molecule has 0 aromatic carbocycles. The first-order valence-electron chi connectivity index (χ1n) is 7.12. The van der Waals surface area contributed by atoms with Crippen LogP contribution >= 0.6 is 11.6 Å². The summed E-state index contributed by atoms with van der Waals surface area (Å²) in [4.78, 5) is 15.6. The molecule has 0 aliphatic carbocycles. The summed E-state index contributed by atoms with van der Waals surface area (Å²) in [6.07, 6.45) is 0.544. The third-order valence-corrected chi connectivity index (χ3v) is 3.50. The Balaban J connectivity index is 1.86. The standard InChI is InChI=1S/C15H11ClF3N7/c16-10-4-8(15(17,18)19)5-22-12(10)26-14-11(20)13(23-7-24-14)25-9-2-1-3-21-6-9/h1-7H,20H2,(H2,22,23,24,25,26). The molecule has 0 aliphatic heterocycles. The Morgan fingerprint density at radius 2 is 1.73 bits per heavy atom. The van der Waals surface area contributed by atoms with E-state index in [0.717, 1.165) is 6.07 Å². The molecular formula is C15H11ClF3N7. The third kappa shape index (κ3) is 3.91. The molecule has 3 aromatic rings. The Morgan fingerprint density at radius 3 is 2.35 bits per heavy atom. The van der Waals surface area contributed by atoms with Crippen molar-refractivity contribution in [2.24, 2.45) is 0 Å². The maximum absolute atomic E-state index is 12.7. The van der Waals surface area contributed by atoms with E-state index in [4.69, 9.17) is 17.3 Å². The van der Waals surface area contributed by atoms with Gasteiger partial charge < -0.3 is 16.4 Å². The zero-order valence-electron chi connectivity index (χ0n) is 12.9. The van der Waals surface area contributed by atoms with Crippen molar-refractivity contribution < 1.29 is 13.2 Å². The van der Waals surface area contributed by atoms with Gasteiger partial charge in [-0.25, -0.2) is 15.0 Å². The average Bonchev–Trinajstić information content (AvgIpc) is 2.60. The van der Waals surface area contributed by atoms with E-state index < -0.39 is 11.7 Å². The SMILES string of the molecule is Nc1c(Nc2cccnc2)ncnc1Nc1ncc(C(F)(F)F)cc1Cl. The molecular weight excluding hydrogens is 371 g/mol. The number of halogens is 4. The van der Waals surface area contributed by atoms with Gasteiger partial charge in [0, 0.05) is 12.4 Å². The zero-order valence-corrected chi connectivity index (χ0v) is 13.7. The normalized spacial score (nSPS) is 11.2. The lowest BCUT2D eigenvalue weighted by atomic mass is 10.2. The van der Waals surface area contributed by atoms with Crippen molar-refractivity contribution in [2.45, 2.75) is 6.18 Å². The molecule has 11 heteroatoms. The number of rotatable bonds is 4. The number of hydrogen-bond acceptors (Lipinski definition) is 7. The molecule has 0 unspecified atom stereocenters. The number of nitrogens with zero attached hydrogens (tertiary/aromatic N) is 4. The van der Waals surface area contributed by atoms with E-state index in [1.165, 1.54) is 6.33 Å². The van der Waals surface area contributed by atoms with Crippen LogP contribution in [0.4, 0.5) is 42.0 Å². The van der Waals surface area contributed by atoms with Gasteiger partial charge in [0.1, 0.15) is 17.8 Å². The Bertz CT molecular complexity index is 919. The van der Waals surface area contributed by atoms with Gasteiger partial charge in [0.15, 0.2) is 11.6 Å². The largest absolute Gasteiger partial charge is 0.417 e. The number of nitrogen functional groups attached to an aromatic ring is 1. The van der Waals surface area contributed by atoms with Crippen molar-refractivity contribution in [3.05, 3.63) is 53.7 Å². The Morgan fingerprint density at radius 1 is 1.00 bits per heavy atom. The predicted molar refractivity (Wildman–Crippen MR) is 91.5 cm³/mol. The summed E-state index contributed by atoms with van der Waals surface area (Å²) in [6.45, 7) is 0. The molecule has 0 fully saturated rings. The Labute approximate surface area is 150 Å². The predicted octanol–water partition coefficient (Wildman–Crippen LogP) is 4.01. The lowest BCUT2D eigenvalue weighted by Crippen LogP contribution is -2.08. The van der Waals surface area contributed by atoms with Crippen LogP contribution in [0.15, 0.2) is 43.1 Å². The van der Waals surface area contributed by atoms with Gasteiger partial charge in [-0.1, -0.05) is 11.6 Å². The Hall–Kier alpha value is -3.14. The molecule has 0 atom stereocenters. The van der Waals surface area contributed by atoms with Gasteiger partial charge in [-0.05, 0) is 18.2 Å². The van der Waals surface area contributed by atoms with Crippen LogP contribution in [0, 0.1) is 0 Å². The topological polar surface area (TPSA) is 102 Å². The summed E-state index contributed by atoms with van der Waals surface area (Å²) < 4.78 is 38.0. The van der Waals surface area contributed by atoms with Crippen LogP contribution in [0.25, 0.3) is 0 Å². The minimum absolute atomic E-state index is 0.0163. The maximum Gasteiger partial charge on any atom is 0.417 e. The number of hydrogen-bond donors (Lipinski definition) is 3. The summed E-state index contributed by atoms with van der Waals surface area (Å²) in [5.74, 6) is 0.413. The molecule has 0 amide bonds. The van der Waals surface area contributed by atoms with Gasteiger partial charge in [-0.15, -0.1) is 0 Å². The van der Waals surface area contributed by atoms with Gasteiger partial charge in [0.05, 0.1) is 22.5 Å². The molecule has 0 radical (unpaired) electrons. The van der Waals surface area contributed by atoms with Crippen molar-refractivity contribution in [3.63, 3.8) is 0 Å². The van der Waals surface area contributed by atoms with E-state index in [2.05, 4.69) is 30.6 Å². The number of pyridine rings is 2. The van der Waals surface area contributed by atoms with Crippen LogP contribution in [-0.2, 0) is 6.18 Å². The first-order chi connectivity index (χ1) is 12.3. The summed E-state index contributed by atoms with van der Waals surface area (Å²) in [5, 5.41) is 5.44. The number of aromatic nitrogens is 4. The molecule has 0 saturated heterocycles. The van der Waals surface area contributed by atoms with Crippen molar-refractivity contribution in [2.75, 3.05) is 16.4 Å². The van der Waals surface area contributed by atoms with Crippen LogP contribution in [0.2, 0.25) is 5.02 Å². The summed E-state index contributed by atoms with van der Waals surface area (Å²) in [7, 11) is 0. The first-order valence-corrected chi connectivity index (χ1v) is 7.49. The zero-order chi connectivity index (χ0) is 18.7. The van der Waals surface area contributed by atoms with Crippen molar-refractivity contribution in [3.8, 4) is 0 Å². The van der Waals surface area contributed by atoms with E-state index >= 15 is 0 Å². The molecule has 134 valence electrons. The molecule has 0 bridgehead atoms. The van der Waals surface area contributed by atoms with Gasteiger partial charge in [0.2, 0.25) is 0 Å². The Kier molecular flexibility index (Phi) is 4.76. The number of nitrogens with two attached hydrogens (primary N) is 1. The van der Waals surface area contributed by atoms with Crippen molar-refractivity contribution in [1.29, 1.82) is 0 Å². The smallest absolute Gasteiger partial charge is 0.393 e. The fraction of sp³-hybridized carbons (Fsp3) is 0.0667. The molecule has 0 saturated carbocycles. The lowest BCUT2D eigenvalue weighted by molar-refractivity contribution is -0.137.